The van der Waals surface area contributed by atoms with Gasteiger partial charge in [-0.2, -0.15) is 0 Å². The molecule has 6 nitrogen and oxygen atoms in total. The lowest BCUT2D eigenvalue weighted by Crippen LogP contribution is -2.42. The third-order valence-corrected chi connectivity index (χ3v) is 1.50. The van der Waals surface area contributed by atoms with Crippen LogP contribution in [0.3, 0.4) is 0 Å². The molecule has 0 radical (unpaired) electrons. The molecule has 0 saturated heterocycles. The summed E-state index contributed by atoms with van der Waals surface area (Å²) in [5, 5.41) is 2.31. The van der Waals surface area contributed by atoms with Gasteiger partial charge in [0, 0.05) is 0 Å². The number of hydrogen-bond donors (Lipinski definition) is 1. The number of ether oxygens (including phenoxy) is 2. The smallest absolute Gasteiger partial charge is 0.408 e. The van der Waals surface area contributed by atoms with Crippen LogP contribution < -0.4 is 5.32 Å². The lowest BCUT2D eigenvalue weighted by molar-refractivity contribution is -0.149. The summed E-state index contributed by atoms with van der Waals surface area (Å²) >= 11 is 0. The Hall–Kier alpha value is -1.59. The molecule has 0 saturated carbocycles. The van der Waals surface area contributed by atoms with Gasteiger partial charge in [-0.25, -0.2) is 9.59 Å². The number of ketones is 1. The maximum absolute atomic E-state index is 11.3. The van der Waals surface area contributed by atoms with Crippen LogP contribution in [0.1, 0.15) is 34.6 Å². The number of amides is 1. The van der Waals surface area contributed by atoms with Crippen LogP contribution >= 0.6 is 0 Å². The zero-order valence-corrected chi connectivity index (χ0v) is 10.8. The van der Waals surface area contributed by atoms with Gasteiger partial charge < -0.3 is 14.8 Å². The SMILES string of the molecule is CC(=O)COC(=O)C(C)NC(=O)OC(C)(C)C. The largest absolute Gasteiger partial charge is 0.456 e. The monoisotopic (exact) mass is 245 g/mol. The Bertz CT molecular complexity index is 305. The van der Waals surface area contributed by atoms with Crippen molar-refractivity contribution in [3.05, 3.63) is 0 Å². The predicted octanol–water partition coefficient (Wildman–Crippen LogP) is 1.03. The molecule has 0 bridgehead atoms. The molecule has 0 aliphatic carbocycles. The number of alkyl carbamates (subject to hydrolysis) is 1. The molecule has 0 aliphatic rings. The van der Waals surface area contributed by atoms with Crippen molar-refractivity contribution in [2.75, 3.05) is 6.61 Å². The van der Waals surface area contributed by atoms with E-state index in [1.807, 2.05) is 0 Å². The van der Waals surface area contributed by atoms with Gasteiger partial charge in [-0.3, -0.25) is 4.79 Å². The summed E-state index contributed by atoms with van der Waals surface area (Å²) in [7, 11) is 0. The standard InChI is InChI=1S/C11H19NO5/c1-7(13)6-16-9(14)8(2)12-10(15)17-11(3,4)5/h8H,6H2,1-5H3,(H,12,15). The van der Waals surface area contributed by atoms with Crippen molar-refractivity contribution >= 4 is 17.8 Å². The van der Waals surface area contributed by atoms with E-state index in [0.29, 0.717) is 0 Å². The lowest BCUT2D eigenvalue weighted by atomic mass is 10.2. The highest BCUT2D eigenvalue weighted by Crippen LogP contribution is 2.06. The zero-order chi connectivity index (χ0) is 13.6. The van der Waals surface area contributed by atoms with Gasteiger partial charge in [0.1, 0.15) is 18.2 Å². The van der Waals surface area contributed by atoms with Crippen LogP contribution in [0.4, 0.5) is 4.79 Å². The number of carbonyl (C=O) groups excluding carboxylic acids is 3. The van der Waals surface area contributed by atoms with Crippen LogP contribution in [-0.2, 0) is 19.1 Å². The van der Waals surface area contributed by atoms with E-state index < -0.39 is 23.7 Å². The summed E-state index contributed by atoms with van der Waals surface area (Å²) in [5.74, 6) is -0.936. The van der Waals surface area contributed by atoms with Crippen molar-refractivity contribution in [2.24, 2.45) is 0 Å². The average molecular weight is 245 g/mol. The molecule has 0 aliphatic heterocycles. The highest BCUT2D eigenvalue weighted by Gasteiger charge is 2.21. The minimum atomic E-state index is -0.857. The average Bonchev–Trinajstić information content (AvgIpc) is 2.10. The first-order valence-electron chi connectivity index (χ1n) is 5.27. The Morgan fingerprint density at radius 2 is 1.76 bits per heavy atom. The molecule has 0 fully saturated rings. The molecule has 0 aromatic heterocycles. The Morgan fingerprint density at radius 3 is 2.18 bits per heavy atom. The minimum absolute atomic E-state index is 0.261. The van der Waals surface area contributed by atoms with Crippen molar-refractivity contribution in [1.82, 2.24) is 5.32 Å². The van der Waals surface area contributed by atoms with E-state index in [2.05, 4.69) is 10.1 Å². The summed E-state index contributed by atoms with van der Waals surface area (Å²) in [6.07, 6.45) is -0.704. The highest BCUT2D eigenvalue weighted by molar-refractivity contribution is 5.84. The van der Waals surface area contributed by atoms with E-state index in [0.717, 1.165) is 0 Å². The van der Waals surface area contributed by atoms with E-state index in [9.17, 15) is 14.4 Å². The molecule has 0 heterocycles. The van der Waals surface area contributed by atoms with Crippen LogP contribution in [0.5, 0.6) is 0 Å². The van der Waals surface area contributed by atoms with Crippen molar-refractivity contribution in [2.45, 2.75) is 46.3 Å². The van der Waals surface area contributed by atoms with Crippen molar-refractivity contribution < 1.29 is 23.9 Å². The summed E-state index contributed by atoms with van der Waals surface area (Å²) in [6.45, 7) is 7.60. The molecule has 6 heteroatoms. The third kappa shape index (κ3) is 8.24. The molecule has 1 N–H and O–H groups in total. The molecule has 0 rings (SSSR count). The Kier molecular flexibility index (Phi) is 5.64. The van der Waals surface area contributed by atoms with Gasteiger partial charge in [-0.05, 0) is 34.6 Å². The van der Waals surface area contributed by atoms with Crippen molar-refractivity contribution in [1.29, 1.82) is 0 Å². The predicted molar refractivity (Wildman–Crippen MR) is 60.5 cm³/mol. The Morgan fingerprint density at radius 1 is 1.24 bits per heavy atom. The van der Waals surface area contributed by atoms with E-state index in [-0.39, 0.29) is 12.4 Å². The topological polar surface area (TPSA) is 81.7 Å². The maximum atomic E-state index is 11.3. The Labute approximate surface area is 101 Å². The van der Waals surface area contributed by atoms with Crippen LogP contribution in [0.15, 0.2) is 0 Å². The van der Waals surface area contributed by atoms with Gasteiger partial charge in [0.25, 0.3) is 0 Å². The van der Waals surface area contributed by atoms with Gasteiger partial charge in [0.2, 0.25) is 0 Å². The molecular formula is C11H19NO5. The normalized spacial score (nSPS) is 12.5. The van der Waals surface area contributed by atoms with Gasteiger partial charge in [0.15, 0.2) is 5.78 Å². The van der Waals surface area contributed by atoms with E-state index in [1.54, 1.807) is 20.8 Å². The van der Waals surface area contributed by atoms with Crippen LogP contribution in [0.2, 0.25) is 0 Å². The molecule has 1 atom stereocenters. The summed E-state index contributed by atoms with van der Waals surface area (Å²) < 4.78 is 9.60. The van der Waals surface area contributed by atoms with Gasteiger partial charge in [-0.15, -0.1) is 0 Å². The highest BCUT2D eigenvalue weighted by atomic mass is 16.6. The van der Waals surface area contributed by atoms with Gasteiger partial charge in [-0.1, -0.05) is 0 Å². The van der Waals surface area contributed by atoms with Gasteiger partial charge in [0.05, 0.1) is 0 Å². The number of rotatable bonds is 4. The van der Waals surface area contributed by atoms with Crippen LogP contribution in [0, 0.1) is 0 Å². The van der Waals surface area contributed by atoms with Crippen LogP contribution in [0.25, 0.3) is 0 Å². The molecule has 0 aromatic carbocycles. The fraction of sp³-hybridized carbons (Fsp3) is 0.727. The summed E-state index contributed by atoms with van der Waals surface area (Å²) in [6, 6.07) is -0.857. The number of carbonyl (C=O) groups is 3. The second-order valence-electron chi connectivity index (χ2n) is 4.68. The Balaban J connectivity index is 4.08. The first kappa shape index (κ1) is 15.4. The molecule has 1 unspecified atom stereocenters. The minimum Gasteiger partial charge on any atom is -0.456 e. The molecule has 0 aromatic rings. The summed E-state index contributed by atoms with van der Waals surface area (Å²) in [4.78, 5) is 33.2. The zero-order valence-electron chi connectivity index (χ0n) is 10.8. The lowest BCUT2D eigenvalue weighted by Gasteiger charge is -2.21. The number of hydrogen-bond acceptors (Lipinski definition) is 5. The first-order valence-corrected chi connectivity index (χ1v) is 5.27. The molecule has 0 spiro atoms. The molecule has 98 valence electrons. The molecular weight excluding hydrogens is 226 g/mol. The second kappa shape index (κ2) is 6.22. The van der Waals surface area contributed by atoms with Crippen molar-refractivity contribution in [3.8, 4) is 0 Å². The van der Waals surface area contributed by atoms with Gasteiger partial charge >= 0.3 is 12.1 Å². The number of esters is 1. The maximum Gasteiger partial charge on any atom is 0.408 e. The molecule has 17 heavy (non-hydrogen) atoms. The first-order chi connectivity index (χ1) is 7.61. The summed E-state index contributed by atoms with van der Waals surface area (Å²) in [5.41, 5.74) is -0.632. The van der Waals surface area contributed by atoms with Crippen molar-refractivity contribution in [3.63, 3.8) is 0 Å². The van der Waals surface area contributed by atoms with E-state index in [4.69, 9.17) is 4.74 Å². The van der Waals surface area contributed by atoms with E-state index in [1.165, 1.54) is 13.8 Å². The third-order valence-electron chi connectivity index (χ3n) is 1.50. The quantitative estimate of drug-likeness (QED) is 0.748. The fourth-order valence-corrected chi connectivity index (χ4v) is 0.841. The molecule has 1 amide bonds. The van der Waals surface area contributed by atoms with Crippen LogP contribution in [-0.4, -0.2) is 36.1 Å². The number of Topliss-reactive ketones (excluding diaryl/α,β-unsaturated/α-hetero) is 1. The van der Waals surface area contributed by atoms with E-state index >= 15 is 0 Å². The fourth-order valence-electron chi connectivity index (χ4n) is 0.841. The number of nitrogens with one attached hydrogen (secondary N) is 1. The second-order valence-corrected chi connectivity index (χ2v) is 4.68.